The lowest BCUT2D eigenvalue weighted by Gasteiger charge is -2.32. The third-order valence-corrected chi connectivity index (χ3v) is 6.59. The van der Waals surface area contributed by atoms with Gasteiger partial charge in [0, 0.05) is 55.6 Å². The zero-order valence-corrected chi connectivity index (χ0v) is 21.5. The van der Waals surface area contributed by atoms with Crippen LogP contribution in [0.15, 0.2) is 48.9 Å². The number of piperazine rings is 1. The fourth-order valence-electron chi connectivity index (χ4n) is 4.29. The molecular formula is C27H27F3N6O3. The molecular weight excluding hydrogens is 513 g/mol. The van der Waals surface area contributed by atoms with Gasteiger partial charge in [-0.1, -0.05) is 0 Å². The topological polar surface area (TPSA) is 84.2 Å². The first kappa shape index (κ1) is 26.4. The lowest BCUT2D eigenvalue weighted by molar-refractivity contribution is 0.102. The predicted molar refractivity (Wildman–Crippen MR) is 138 cm³/mol. The number of fused-ring (bicyclic) bond motifs is 1. The Morgan fingerprint density at radius 2 is 1.79 bits per heavy atom. The molecule has 9 nitrogen and oxygen atoms in total. The van der Waals surface area contributed by atoms with Gasteiger partial charge in [-0.15, -0.1) is 0 Å². The molecule has 3 heterocycles. The summed E-state index contributed by atoms with van der Waals surface area (Å²) < 4.78 is 54.9. The van der Waals surface area contributed by atoms with Gasteiger partial charge >= 0.3 is 0 Å². The van der Waals surface area contributed by atoms with Gasteiger partial charge in [-0.25, -0.2) is 17.7 Å². The number of ether oxygens (including phenoxy) is 2. The molecule has 0 unspecified atom stereocenters. The largest absolute Gasteiger partial charge is 0.490 e. The molecule has 1 aliphatic rings. The maximum absolute atomic E-state index is 14.9. The maximum atomic E-state index is 14.9. The molecule has 0 radical (unpaired) electrons. The van der Waals surface area contributed by atoms with Gasteiger partial charge in [0.1, 0.15) is 24.2 Å². The van der Waals surface area contributed by atoms with Crippen LogP contribution in [0, 0.1) is 24.4 Å². The summed E-state index contributed by atoms with van der Waals surface area (Å²) in [6.45, 7) is 7.23. The van der Waals surface area contributed by atoms with Crippen LogP contribution in [0.3, 0.4) is 0 Å². The van der Waals surface area contributed by atoms with E-state index >= 15 is 0 Å². The van der Waals surface area contributed by atoms with E-state index in [1.54, 1.807) is 10.7 Å². The SMILES string of the molecule is Cc1c(OCCN2CCN(C)CC2)cn2ncnc(Oc3ccc(NC(=O)c4ccc(F)c(F)c4)cc3F)c12. The number of rotatable bonds is 8. The number of nitrogens with zero attached hydrogens (tertiary/aromatic N) is 5. The summed E-state index contributed by atoms with van der Waals surface area (Å²) in [4.78, 5) is 21.2. The molecule has 204 valence electrons. The summed E-state index contributed by atoms with van der Waals surface area (Å²) in [5.74, 6) is -3.07. The first-order chi connectivity index (χ1) is 18.8. The van der Waals surface area contributed by atoms with Gasteiger partial charge in [0.05, 0.1) is 6.20 Å². The summed E-state index contributed by atoms with van der Waals surface area (Å²) >= 11 is 0. The molecule has 5 rings (SSSR count). The third kappa shape index (κ3) is 5.96. The third-order valence-electron chi connectivity index (χ3n) is 6.59. The number of likely N-dealkylation sites (N-methyl/N-ethyl adjacent to an activating group) is 1. The van der Waals surface area contributed by atoms with E-state index < -0.39 is 23.4 Å². The highest BCUT2D eigenvalue weighted by Crippen LogP contribution is 2.33. The van der Waals surface area contributed by atoms with Crippen LogP contribution >= 0.6 is 0 Å². The van der Waals surface area contributed by atoms with Gasteiger partial charge < -0.3 is 19.7 Å². The second-order valence-corrected chi connectivity index (χ2v) is 9.30. The minimum atomic E-state index is -1.15. The van der Waals surface area contributed by atoms with Crippen molar-refractivity contribution in [1.29, 1.82) is 0 Å². The quantitative estimate of drug-likeness (QED) is 0.360. The highest BCUT2D eigenvalue weighted by molar-refractivity contribution is 6.04. The lowest BCUT2D eigenvalue weighted by Crippen LogP contribution is -2.45. The van der Waals surface area contributed by atoms with E-state index in [0.717, 1.165) is 62.6 Å². The molecule has 0 atom stereocenters. The zero-order valence-electron chi connectivity index (χ0n) is 21.5. The molecule has 0 saturated carbocycles. The number of halogens is 3. The molecule has 1 saturated heterocycles. The highest BCUT2D eigenvalue weighted by Gasteiger charge is 2.19. The van der Waals surface area contributed by atoms with E-state index in [1.165, 1.54) is 18.5 Å². The maximum Gasteiger partial charge on any atom is 0.255 e. The van der Waals surface area contributed by atoms with Gasteiger partial charge in [0.2, 0.25) is 5.88 Å². The second-order valence-electron chi connectivity index (χ2n) is 9.30. The van der Waals surface area contributed by atoms with Crippen LogP contribution in [-0.2, 0) is 0 Å². The van der Waals surface area contributed by atoms with Crippen molar-refractivity contribution in [3.63, 3.8) is 0 Å². The zero-order chi connectivity index (χ0) is 27.5. The normalized spacial score (nSPS) is 14.5. The summed E-state index contributed by atoms with van der Waals surface area (Å²) in [7, 11) is 2.11. The monoisotopic (exact) mass is 540 g/mol. The number of carbonyl (C=O) groups excluding carboxylic acids is 1. The molecule has 2 aromatic heterocycles. The molecule has 1 N–H and O–H groups in total. The first-order valence-electron chi connectivity index (χ1n) is 12.4. The van der Waals surface area contributed by atoms with Crippen LogP contribution < -0.4 is 14.8 Å². The Bertz CT molecular complexity index is 1500. The second kappa shape index (κ2) is 11.3. The van der Waals surface area contributed by atoms with E-state index in [1.807, 2.05) is 6.92 Å². The van der Waals surface area contributed by atoms with Crippen LogP contribution in [0.4, 0.5) is 18.9 Å². The fourth-order valence-corrected chi connectivity index (χ4v) is 4.29. The van der Waals surface area contributed by atoms with Gasteiger partial charge in [-0.3, -0.25) is 9.69 Å². The summed E-state index contributed by atoms with van der Waals surface area (Å²) in [5.41, 5.74) is 1.28. The van der Waals surface area contributed by atoms with Gasteiger partial charge in [-0.05, 0) is 44.3 Å². The number of amides is 1. The predicted octanol–water partition coefficient (Wildman–Crippen LogP) is 4.13. The number of carbonyl (C=O) groups is 1. The Kier molecular flexibility index (Phi) is 7.66. The number of hydrogen-bond donors (Lipinski definition) is 1. The van der Waals surface area contributed by atoms with E-state index in [-0.39, 0.29) is 22.9 Å². The lowest BCUT2D eigenvalue weighted by atomic mass is 10.2. The Balaban J connectivity index is 1.27. The molecule has 1 fully saturated rings. The van der Waals surface area contributed by atoms with Crippen molar-refractivity contribution < 1.29 is 27.4 Å². The molecule has 4 aromatic rings. The van der Waals surface area contributed by atoms with Crippen molar-refractivity contribution in [2.75, 3.05) is 51.7 Å². The summed E-state index contributed by atoms with van der Waals surface area (Å²) in [6, 6.07) is 6.56. The number of benzene rings is 2. The highest BCUT2D eigenvalue weighted by atomic mass is 19.2. The average Bonchev–Trinajstić information content (AvgIpc) is 3.24. The smallest absolute Gasteiger partial charge is 0.255 e. The Hall–Kier alpha value is -4.16. The van der Waals surface area contributed by atoms with Crippen molar-refractivity contribution in [2.24, 2.45) is 0 Å². The van der Waals surface area contributed by atoms with E-state index in [0.29, 0.717) is 17.9 Å². The average molecular weight is 541 g/mol. The number of anilines is 1. The van der Waals surface area contributed by atoms with E-state index in [9.17, 15) is 18.0 Å². The number of aryl methyl sites for hydroxylation is 1. The first-order valence-corrected chi connectivity index (χ1v) is 12.4. The molecule has 1 amide bonds. The molecule has 0 bridgehead atoms. The van der Waals surface area contributed by atoms with Crippen molar-refractivity contribution in [2.45, 2.75) is 6.92 Å². The number of nitrogens with one attached hydrogen (secondary N) is 1. The van der Waals surface area contributed by atoms with Crippen LogP contribution in [0.25, 0.3) is 5.52 Å². The molecule has 1 aliphatic heterocycles. The minimum Gasteiger partial charge on any atom is -0.490 e. The van der Waals surface area contributed by atoms with Crippen LogP contribution in [0.5, 0.6) is 17.4 Å². The molecule has 0 aliphatic carbocycles. The standard InChI is InChI=1S/C27H27F3N6O3/c1-17-24(38-12-11-35-9-7-34(2)8-10-35)15-36-25(17)27(31-16-32-36)39-23-6-4-19(14-22(23)30)33-26(37)18-3-5-20(28)21(29)13-18/h3-6,13-16H,7-12H2,1-2H3,(H,33,37). The van der Waals surface area contributed by atoms with Crippen molar-refractivity contribution in [3.8, 4) is 17.4 Å². The molecule has 0 spiro atoms. The van der Waals surface area contributed by atoms with Gasteiger partial charge in [0.15, 0.2) is 23.2 Å². The Labute approximate surface area is 222 Å². The van der Waals surface area contributed by atoms with E-state index in [2.05, 4.69) is 32.2 Å². The Morgan fingerprint density at radius 1 is 1.00 bits per heavy atom. The molecule has 2 aromatic carbocycles. The fraction of sp³-hybridized carbons (Fsp3) is 0.296. The Morgan fingerprint density at radius 3 is 2.54 bits per heavy atom. The van der Waals surface area contributed by atoms with Crippen molar-refractivity contribution in [3.05, 3.63) is 77.5 Å². The van der Waals surface area contributed by atoms with Crippen molar-refractivity contribution >= 4 is 17.1 Å². The van der Waals surface area contributed by atoms with Crippen LogP contribution in [0.1, 0.15) is 15.9 Å². The molecule has 39 heavy (non-hydrogen) atoms. The minimum absolute atomic E-state index is 0.108. The van der Waals surface area contributed by atoms with Crippen LogP contribution in [0.2, 0.25) is 0 Å². The van der Waals surface area contributed by atoms with Crippen LogP contribution in [-0.4, -0.2) is 76.7 Å². The van der Waals surface area contributed by atoms with E-state index in [4.69, 9.17) is 9.47 Å². The number of aromatic nitrogens is 3. The van der Waals surface area contributed by atoms with Crippen molar-refractivity contribution in [1.82, 2.24) is 24.4 Å². The molecule has 12 heteroatoms. The summed E-state index contributed by atoms with van der Waals surface area (Å²) in [5, 5.41) is 6.67. The van der Waals surface area contributed by atoms with Gasteiger partial charge in [-0.2, -0.15) is 10.1 Å². The summed E-state index contributed by atoms with van der Waals surface area (Å²) in [6.07, 6.45) is 3.03. The van der Waals surface area contributed by atoms with Gasteiger partial charge in [0.25, 0.3) is 5.91 Å². The number of hydrogen-bond acceptors (Lipinski definition) is 7.